The Kier molecular flexibility index (Phi) is 5.44. The Hall–Kier alpha value is -1.26. The van der Waals surface area contributed by atoms with E-state index in [-0.39, 0.29) is 6.04 Å². The van der Waals surface area contributed by atoms with E-state index in [0.29, 0.717) is 5.91 Å². The smallest absolute Gasteiger partial charge is 0.239 e. The highest BCUT2D eigenvalue weighted by Crippen LogP contribution is 2.26. The van der Waals surface area contributed by atoms with Crippen molar-refractivity contribution in [2.24, 2.45) is 0 Å². The van der Waals surface area contributed by atoms with Crippen molar-refractivity contribution in [1.82, 2.24) is 9.80 Å². The van der Waals surface area contributed by atoms with Crippen molar-refractivity contribution in [2.75, 3.05) is 44.2 Å². The van der Waals surface area contributed by atoms with Crippen LogP contribution in [0, 0.1) is 0 Å². The van der Waals surface area contributed by atoms with Gasteiger partial charge in [0.05, 0.1) is 16.8 Å². The third-order valence-corrected chi connectivity index (χ3v) is 5.40. The first-order valence-corrected chi connectivity index (χ1v) is 9.07. The molecule has 3 rings (SSSR count). The number of carbonyl (C=O) groups excluding carboxylic acids is 1. The number of piperazine rings is 1. The highest BCUT2D eigenvalue weighted by atomic mass is 35.5. The second-order valence-corrected chi connectivity index (χ2v) is 6.94. The van der Waals surface area contributed by atoms with Crippen LogP contribution in [-0.2, 0) is 4.79 Å². The summed E-state index contributed by atoms with van der Waals surface area (Å²) < 4.78 is 0. The van der Waals surface area contributed by atoms with E-state index >= 15 is 0 Å². The summed E-state index contributed by atoms with van der Waals surface area (Å²) in [5.74, 6) is 0.302. The summed E-state index contributed by atoms with van der Waals surface area (Å²) in [6.45, 7) is 7.58. The minimum Gasteiger partial charge on any atom is -0.368 e. The Morgan fingerprint density at radius 1 is 1.00 bits per heavy atom. The van der Waals surface area contributed by atoms with Gasteiger partial charge in [-0.2, -0.15) is 0 Å². The minimum atomic E-state index is -0.0125. The van der Waals surface area contributed by atoms with Crippen molar-refractivity contribution in [2.45, 2.75) is 32.2 Å². The van der Waals surface area contributed by atoms with Gasteiger partial charge in [-0.25, -0.2) is 0 Å². The highest BCUT2D eigenvalue weighted by molar-refractivity contribution is 6.33. The molecule has 0 bridgehead atoms. The summed E-state index contributed by atoms with van der Waals surface area (Å²) in [7, 11) is 0. The van der Waals surface area contributed by atoms with E-state index in [1.54, 1.807) is 0 Å². The van der Waals surface area contributed by atoms with Gasteiger partial charge in [0.1, 0.15) is 0 Å². The fourth-order valence-corrected chi connectivity index (χ4v) is 3.85. The number of hydrogen-bond acceptors (Lipinski definition) is 3. The van der Waals surface area contributed by atoms with Crippen molar-refractivity contribution in [3.8, 4) is 0 Å². The van der Waals surface area contributed by atoms with Crippen molar-refractivity contribution < 1.29 is 4.79 Å². The summed E-state index contributed by atoms with van der Waals surface area (Å²) in [5.41, 5.74) is 1.10. The Labute approximate surface area is 144 Å². The normalized spacial score (nSPS) is 21.3. The van der Waals surface area contributed by atoms with E-state index in [9.17, 15) is 4.79 Å². The van der Waals surface area contributed by atoms with E-state index in [1.165, 1.54) is 6.42 Å². The van der Waals surface area contributed by atoms with Crippen molar-refractivity contribution in [1.29, 1.82) is 0 Å². The predicted octanol–water partition coefficient (Wildman–Crippen LogP) is 2.86. The largest absolute Gasteiger partial charge is 0.368 e. The Bertz CT molecular complexity index is 537. The second-order valence-electron chi connectivity index (χ2n) is 6.54. The Balaban J connectivity index is 1.56. The zero-order valence-corrected chi connectivity index (χ0v) is 14.6. The molecule has 1 unspecified atom stereocenters. The van der Waals surface area contributed by atoms with Gasteiger partial charge in [-0.1, -0.05) is 23.7 Å². The molecule has 2 fully saturated rings. The molecule has 0 spiro atoms. The topological polar surface area (TPSA) is 26.8 Å². The molecule has 4 nitrogen and oxygen atoms in total. The summed E-state index contributed by atoms with van der Waals surface area (Å²) >= 11 is 6.29. The lowest BCUT2D eigenvalue weighted by Crippen LogP contribution is -2.55. The number of piperidine rings is 1. The quantitative estimate of drug-likeness (QED) is 0.850. The molecule has 1 atom stereocenters. The maximum atomic E-state index is 12.7. The number of para-hydroxylation sites is 1. The molecule has 0 saturated carbocycles. The molecule has 2 aliphatic heterocycles. The van der Waals surface area contributed by atoms with Gasteiger partial charge < -0.3 is 9.80 Å². The zero-order chi connectivity index (χ0) is 16.2. The summed E-state index contributed by atoms with van der Waals surface area (Å²) in [5, 5.41) is 0.804. The number of amides is 1. The summed E-state index contributed by atoms with van der Waals surface area (Å²) in [6.07, 6.45) is 3.56. The van der Waals surface area contributed by atoms with Crippen LogP contribution in [0.1, 0.15) is 26.2 Å². The van der Waals surface area contributed by atoms with Gasteiger partial charge in [-0.05, 0) is 38.3 Å². The number of halogens is 1. The molecule has 0 radical (unpaired) electrons. The van der Waals surface area contributed by atoms with Crippen LogP contribution in [0.25, 0.3) is 0 Å². The molecule has 2 heterocycles. The van der Waals surface area contributed by atoms with Crippen LogP contribution in [0.15, 0.2) is 24.3 Å². The number of nitrogens with zero attached hydrogens (tertiary/aromatic N) is 3. The van der Waals surface area contributed by atoms with Crippen LogP contribution >= 0.6 is 11.6 Å². The van der Waals surface area contributed by atoms with Crippen molar-refractivity contribution in [3.63, 3.8) is 0 Å². The Morgan fingerprint density at radius 2 is 1.65 bits per heavy atom. The van der Waals surface area contributed by atoms with Crippen LogP contribution in [0.2, 0.25) is 5.02 Å². The van der Waals surface area contributed by atoms with Gasteiger partial charge in [0.2, 0.25) is 5.91 Å². The third kappa shape index (κ3) is 3.81. The van der Waals surface area contributed by atoms with Gasteiger partial charge in [-0.15, -0.1) is 0 Å². The lowest BCUT2D eigenvalue weighted by atomic mass is 10.1. The predicted molar refractivity (Wildman–Crippen MR) is 95.1 cm³/mol. The lowest BCUT2D eigenvalue weighted by molar-refractivity contribution is -0.137. The van der Waals surface area contributed by atoms with Gasteiger partial charge in [-0.3, -0.25) is 9.69 Å². The van der Waals surface area contributed by atoms with Crippen LogP contribution in [0.5, 0.6) is 0 Å². The molecule has 0 aromatic heterocycles. The molecular formula is C18H26ClN3O. The molecule has 2 aliphatic rings. The first kappa shape index (κ1) is 16.6. The lowest BCUT2D eigenvalue weighted by Gasteiger charge is -2.40. The van der Waals surface area contributed by atoms with E-state index in [1.807, 2.05) is 18.2 Å². The summed E-state index contributed by atoms with van der Waals surface area (Å²) in [4.78, 5) is 19.3. The number of anilines is 1. The summed E-state index contributed by atoms with van der Waals surface area (Å²) in [6, 6.07) is 7.98. The van der Waals surface area contributed by atoms with E-state index in [4.69, 9.17) is 11.6 Å². The van der Waals surface area contributed by atoms with Crippen LogP contribution in [-0.4, -0.2) is 61.0 Å². The average molecular weight is 336 g/mol. The average Bonchev–Trinajstić information content (AvgIpc) is 2.62. The van der Waals surface area contributed by atoms with Crippen LogP contribution < -0.4 is 4.90 Å². The van der Waals surface area contributed by atoms with Crippen molar-refractivity contribution >= 4 is 23.2 Å². The number of carbonyl (C=O) groups is 1. The van der Waals surface area contributed by atoms with Crippen molar-refractivity contribution in [3.05, 3.63) is 29.3 Å². The molecule has 126 valence electrons. The fourth-order valence-electron chi connectivity index (χ4n) is 3.59. The standard InChI is InChI=1S/C18H26ClN3O/c1-15(18(23)22-9-5-2-6-10-22)20-11-13-21(14-12-20)17-8-4-3-7-16(17)19/h3-4,7-8,15H,2,5-6,9-14H2,1H3. The molecule has 2 saturated heterocycles. The number of likely N-dealkylation sites (tertiary alicyclic amines) is 1. The maximum Gasteiger partial charge on any atom is 0.239 e. The number of hydrogen-bond donors (Lipinski definition) is 0. The van der Waals surface area contributed by atoms with Gasteiger partial charge in [0.15, 0.2) is 0 Å². The molecular weight excluding hydrogens is 310 g/mol. The molecule has 5 heteroatoms. The Morgan fingerprint density at radius 3 is 2.30 bits per heavy atom. The first-order valence-electron chi connectivity index (χ1n) is 8.69. The number of benzene rings is 1. The van der Waals surface area contributed by atoms with Crippen LogP contribution in [0.3, 0.4) is 0 Å². The SMILES string of the molecule is CC(C(=O)N1CCCCC1)N1CCN(c2ccccc2Cl)CC1. The molecule has 0 N–H and O–H groups in total. The minimum absolute atomic E-state index is 0.0125. The molecule has 1 aromatic rings. The number of rotatable bonds is 3. The second kappa shape index (κ2) is 7.54. The third-order valence-electron chi connectivity index (χ3n) is 5.08. The highest BCUT2D eigenvalue weighted by Gasteiger charge is 2.29. The van der Waals surface area contributed by atoms with E-state index in [0.717, 1.165) is 62.8 Å². The zero-order valence-electron chi connectivity index (χ0n) is 13.9. The van der Waals surface area contributed by atoms with Gasteiger partial charge in [0, 0.05) is 39.3 Å². The monoisotopic (exact) mass is 335 g/mol. The van der Waals surface area contributed by atoms with Gasteiger partial charge in [0.25, 0.3) is 0 Å². The molecule has 1 amide bonds. The fraction of sp³-hybridized carbons (Fsp3) is 0.611. The molecule has 0 aliphatic carbocycles. The van der Waals surface area contributed by atoms with Crippen LogP contribution in [0.4, 0.5) is 5.69 Å². The van der Waals surface area contributed by atoms with E-state index < -0.39 is 0 Å². The first-order chi connectivity index (χ1) is 11.2. The maximum absolute atomic E-state index is 12.7. The van der Waals surface area contributed by atoms with Gasteiger partial charge >= 0.3 is 0 Å². The van der Waals surface area contributed by atoms with E-state index in [2.05, 4.69) is 27.7 Å². The molecule has 23 heavy (non-hydrogen) atoms. The molecule has 1 aromatic carbocycles.